The molecule has 1 N–H and O–H groups in total. The first-order chi connectivity index (χ1) is 12.2. The Morgan fingerprint density at radius 2 is 1.92 bits per heavy atom. The van der Waals surface area contributed by atoms with E-state index in [4.69, 9.17) is 9.47 Å². The van der Waals surface area contributed by atoms with Crippen LogP contribution in [0.1, 0.15) is 23.7 Å². The summed E-state index contributed by atoms with van der Waals surface area (Å²) in [5.41, 5.74) is 1.98. The molecule has 2 aromatic carbocycles. The lowest BCUT2D eigenvalue weighted by atomic mass is 10.1. The fourth-order valence-electron chi connectivity index (χ4n) is 2.54. The number of hydrogen-bond donors (Lipinski definition) is 1. The summed E-state index contributed by atoms with van der Waals surface area (Å²) in [4.78, 5) is 16.9. The number of ether oxygens (including phenoxy) is 2. The largest absolute Gasteiger partial charge is 0.494 e. The minimum Gasteiger partial charge on any atom is -0.494 e. The van der Waals surface area contributed by atoms with Crippen molar-refractivity contribution in [1.82, 2.24) is 4.98 Å². The lowest BCUT2D eigenvalue weighted by molar-refractivity contribution is 0.102. The van der Waals surface area contributed by atoms with Crippen LogP contribution in [0.25, 0.3) is 10.9 Å². The van der Waals surface area contributed by atoms with Gasteiger partial charge in [-0.3, -0.25) is 9.78 Å². The first-order valence-corrected chi connectivity index (χ1v) is 8.19. The molecule has 0 unspecified atom stereocenters. The smallest absolute Gasteiger partial charge is 0.255 e. The Bertz CT molecular complexity index is 876. The molecular weight excluding hydrogens is 316 g/mol. The van der Waals surface area contributed by atoms with E-state index in [-0.39, 0.29) is 5.91 Å². The van der Waals surface area contributed by atoms with Gasteiger partial charge < -0.3 is 14.8 Å². The molecule has 3 aromatic rings. The Morgan fingerprint density at radius 1 is 1.12 bits per heavy atom. The molecule has 1 aromatic heterocycles. The molecule has 5 heteroatoms. The summed E-state index contributed by atoms with van der Waals surface area (Å²) in [7, 11) is 1.60. The van der Waals surface area contributed by atoms with Crippen molar-refractivity contribution in [3.05, 3.63) is 60.3 Å². The Hall–Kier alpha value is -3.08. The summed E-state index contributed by atoms with van der Waals surface area (Å²) in [6, 6.07) is 14.5. The first-order valence-electron chi connectivity index (χ1n) is 8.19. The predicted octanol–water partition coefficient (Wildman–Crippen LogP) is 4.28. The summed E-state index contributed by atoms with van der Waals surface area (Å²) in [6.45, 7) is 2.71. The molecule has 0 atom stereocenters. The van der Waals surface area contributed by atoms with Crippen LogP contribution in [0.3, 0.4) is 0 Å². The van der Waals surface area contributed by atoms with Crippen LogP contribution >= 0.6 is 0 Å². The normalized spacial score (nSPS) is 10.5. The second-order valence-corrected chi connectivity index (χ2v) is 5.54. The lowest BCUT2D eigenvalue weighted by Gasteiger charge is -2.11. The van der Waals surface area contributed by atoms with Gasteiger partial charge in [0, 0.05) is 17.1 Å². The minimum atomic E-state index is -0.183. The number of pyridine rings is 1. The van der Waals surface area contributed by atoms with E-state index in [1.165, 1.54) is 0 Å². The molecule has 0 bridgehead atoms. The quantitative estimate of drug-likeness (QED) is 0.730. The number of carbonyl (C=O) groups is 1. The van der Waals surface area contributed by atoms with E-state index < -0.39 is 0 Å². The Morgan fingerprint density at radius 3 is 2.64 bits per heavy atom. The molecule has 0 saturated heterocycles. The van der Waals surface area contributed by atoms with Gasteiger partial charge in [-0.05, 0) is 55.0 Å². The van der Waals surface area contributed by atoms with Crippen molar-refractivity contribution in [2.75, 3.05) is 19.0 Å². The molecule has 25 heavy (non-hydrogen) atoms. The van der Waals surface area contributed by atoms with Crippen LogP contribution in [0.5, 0.6) is 11.5 Å². The molecule has 0 spiro atoms. The van der Waals surface area contributed by atoms with E-state index in [0.29, 0.717) is 29.1 Å². The third-order valence-electron chi connectivity index (χ3n) is 3.79. The number of aromatic nitrogens is 1. The second-order valence-electron chi connectivity index (χ2n) is 5.54. The van der Waals surface area contributed by atoms with Crippen LogP contribution in [0, 0.1) is 0 Å². The number of carbonyl (C=O) groups excluding carboxylic acids is 1. The monoisotopic (exact) mass is 336 g/mol. The number of fused-ring (bicyclic) bond motifs is 1. The number of amides is 1. The summed E-state index contributed by atoms with van der Waals surface area (Å²) in [6.07, 6.45) is 2.65. The summed E-state index contributed by atoms with van der Waals surface area (Å²) < 4.78 is 10.9. The molecular formula is C20H20N2O3. The van der Waals surface area contributed by atoms with Gasteiger partial charge in [0.2, 0.25) is 0 Å². The average molecular weight is 336 g/mol. The first kappa shape index (κ1) is 16.8. The van der Waals surface area contributed by atoms with Crippen molar-refractivity contribution in [1.29, 1.82) is 0 Å². The Labute approximate surface area is 146 Å². The molecule has 0 aliphatic heterocycles. The van der Waals surface area contributed by atoms with Gasteiger partial charge >= 0.3 is 0 Å². The van der Waals surface area contributed by atoms with Crippen molar-refractivity contribution in [3.63, 3.8) is 0 Å². The van der Waals surface area contributed by atoms with Gasteiger partial charge in [0.1, 0.15) is 17.0 Å². The molecule has 128 valence electrons. The third kappa shape index (κ3) is 3.71. The highest BCUT2D eigenvalue weighted by atomic mass is 16.5. The molecule has 1 heterocycles. The van der Waals surface area contributed by atoms with E-state index in [1.807, 2.05) is 18.2 Å². The zero-order valence-electron chi connectivity index (χ0n) is 14.3. The fourth-order valence-corrected chi connectivity index (χ4v) is 2.54. The minimum absolute atomic E-state index is 0.183. The van der Waals surface area contributed by atoms with Gasteiger partial charge in [0.05, 0.1) is 19.4 Å². The number of hydrogen-bond acceptors (Lipinski definition) is 4. The van der Waals surface area contributed by atoms with E-state index in [0.717, 1.165) is 17.6 Å². The van der Waals surface area contributed by atoms with Gasteiger partial charge in [-0.15, -0.1) is 0 Å². The maximum absolute atomic E-state index is 12.5. The number of anilines is 1. The van der Waals surface area contributed by atoms with Crippen molar-refractivity contribution in [2.24, 2.45) is 0 Å². The number of nitrogens with zero attached hydrogens (tertiary/aromatic N) is 1. The molecule has 1 amide bonds. The van der Waals surface area contributed by atoms with Crippen LogP contribution in [0.15, 0.2) is 54.7 Å². The van der Waals surface area contributed by atoms with Crippen molar-refractivity contribution >= 4 is 22.5 Å². The van der Waals surface area contributed by atoms with Gasteiger partial charge in [-0.1, -0.05) is 6.92 Å². The molecule has 5 nitrogen and oxygen atoms in total. The van der Waals surface area contributed by atoms with Crippen LogP contribution in [-0.4, -0.2) is 24.6 Å². The molecule has 0 aliphatic rings. The average Bonchev–Trinajstić information content (AvgIpc) is 2.67. The highest BCUT2D eigenvalue weighted by molar-refractivity contribution is 6.09. The fraction of sp³-hybridized carbons (Fsp3) is 0.200. The lowest BCUT2D eigenvalue weighted by Crippen LogP contribution is -2.12. The molecule has 0 radical (unpaired) electrons. The van der Waals surface area contributed by atoms with Crippen LogP contribution < -0.4 is 14.8 Å². The van der Waals surface area contributed by atoms with Gasteiger partial charge in [0.25, 0.3) is 5.91 Å². The van der Waals surface area contributed by atoms with Crippen molar-refractivity contribution < 1.29 is 14.3 Å². The maximum atomic E-state index is 12.5. The second kappa shape index (κ2) is 7.66. The topological polar surface area (TPSA) is 60.5 Å². The molecule has 3 rings (SSSR count). The zero-order valence-corrected chi connectivity index (χ0v) is 14.3. The Balaban J connectivity index is 1.82. The van der Waals surface area contributed by atoms with E-state index in [9.17, 15) is 4.79 Å². The number of methoxy groups -OCH3 is 1. The van der Waals surface area contributed by atoms with E-state index in [1.54, 1.807) is 43.6 Å². The summed E-state index contributed by atoms with van der Waals surface area (Å²) >= 11 is 0. The molecule has 0 fully saturated rings. The maximum Gasteiger partial charge on any atom is 0.255 e. The third-order valence-corrected chi connectivity index (χ3v) is 3.79. The van der Waals surface area contributed by atoms with Crippen molar-refractivity contribution in [3.8, 4) is 11.5 Å². The number of rotatable bonds is 6. The van der Waals surface area contributed by atoms with Gasteiger partial charge in [-0.25, -0.2) is 0 Å². The van der Waals surface area contributed by atoms with E-state index >= 15 is 0 Å². The SMILES string of the molecule is CCCOc1ccc(C(=O)Nc2ccc(OC)c3ncccc23)cc1. The predicted molar refractivity (Wildman–Crippen MR) is 98.5 cm³/mol. The summed E-state index contributed by atoms with van der Waals surface area (Å²) in [5.74, 6) is 1.25. The van der Waals surface area contributed by atoms with Crippen LogP contribution in [0.2, 0.25) is 0 Å². The van der Waals surface area contributed by atoms with Crippen LogP contribution in [0.4, 0.5) is 5.69 Å². The molecule has 0 saturated carbocycles. The highest BCUT2D eigenvalue weighted by Gasteiger charge is 2.11. The summed E-state index contributed by atoms with van der Waals surface area (Å²) in [5, 5.41) is 3.77. The number of benzene rings is 2. The molecule has 0 aliphatic carbocycles. The van der Waals surface area contributed by atoms with Crippen molar-refractivity contribution in [2.45, 2.75) is 13.3 Å². The van der Waals surface area contributed by atoms with E-state index in [2.05, 4.69) is 17.2 Å². The highest BCUT2D eigenvalue weighted by Crippen LogP contribution is 2.30. The van der Waals surface area contributed by atoms with Gasteiger partial charge in [0.15, 0.2) is 0 Å². The zero-order chi connectivity index (χ0) is 17.6. The number of nitrogens with one attached hydrogen (secondary N) is 1. The van der Waals surface area contributed by atoms with Crippen LogP contribution in [-0.2, 0) is 0 Å². The van der Waals surface area contributed by atoms with Gasteiger partial charge in [-0.2, -0.15) is 0 Å². The standard InChI is InChI=1S/C20H20N2O3/c1-3-13-25-15-8-6-14(7-9-15)20(23)22-17-10-11-18(24-2)19-16(17)5-4-12-21-19/h4-12H,3,13H2,1-2H3,(H,22,23). The Kier molecular flexibility index (Phi) is 5.14.